The van der Waals surface area contributed by atoms with Crippen molar-refractivity contribution in [1.29, 1.82) is 0 Å². The quantitative estimate of drug-likeness (QED) is 0.601. The van der Waals surface area contributed by atoms with Crippen molar-refractivity contribution in [2.45, 2.75) is 33.2 Å². The summed E-state index contributed by atoms with van der Waals surface area (Å²) < 4.78 is 5.27. The van der Waals surface area contributed by atoms with E-state index in [1.54, 1.807) is 11.0 Å². The zero-order valence-electron chi connectivity index (χ0n) is 18.1. The zero-order chi connectivity index (χ0) is 22.2. The molecule has 6 nitrogen and oxygen atoms in total. The number of amides is 2. The number of hydrogen-bond acceptors (Lipinski definition) is 4. The molecular weight excluding hydrogens is 414 g/mol. The van der Waals surface area contributed by atoms with E-state index in [1.807, 2.05) is 56.3 Å². The van der Waals surface area contributed by atoms with Crippen molar-refractivity contribution in [1.82, 2.24) is 4.90 Å². The SMILES string of the molecule is CC(C)COC(=O)N1CCC(C(=O)Nc2ccc(NCc3ccccc3)c(Cl)c2)CC1. The number of anilines is 2. The van der Waals surface area contributed by atoms with Crippen molar-refractivity contribution in [3.05, 3.63) is 59.1 Å². The fourth-order valence-electron chi connectivity index (χ4n) is 3.43. The van der Waals surface area contributed by atoms with E-state index in [1.165, 1.54) is 0 Å². The van der Waals surface area contributed by atoms with Gasteiger partial charge in [0.25, 0.3) is 0 Å². The molecule has 0 saturated carbocycles. The highest BCUT2D eigenvalue weighted by Gasteiger charge is 2.28. The molecule has 7 heteroatoms. The van der Waals surface area contributed by atoms with Gasteiger partial charge in [-0.15, -0.1) is 0 Å². The van der Waals surface area contributed by atoms with Gasteiger partial charge in [-0.2, -0.15) is 0 Å². The Morgan fingerprint density at radius 2 is 1.84 bits per heavy atom. The highest BCUT2D eigenvalue weighted by molar-refractivity contribution is 6.33. The minimum Gasteiger partial charge on any atom is -0.449 e. The standard InChI is InChI=1S/C24H30ClN3O3/c1-17(2)16-31-24(30)28-12-10-19(11-13-28)23(29)27-20-8-9-22(21(25)14-20)26-15-18-6-4-3-5-7-18/h3-9,14,17,19,26H,10-13,15-16H2,1-2H3,(H,27,29). The Morgan fingerprint density at radius 1 is 1.13 bits per heavy atom. The molecule has 0 spiro atoms. The maximum Gasteiger partial charge on any atom is 0.409 e. The first kappa shape index (κ1) is 22.9. The summed E-state index contributed by atoms with van der Waals surface area (Å²) in [6.07, 6.45) is 0.943. The molecule has 0 aliphatic carbocycles. The van der Waals surface area contributed by atoms with Crippen molar-refractivity contribution in [2.75, 3.05) is 30.3 Å². The summed E-state index contributed by atoms with van der Waals surface area (Å²) in [6, 6.07) is 15.5. The smallest absolute Gasteiger partial charge is 0.409 e. The van der Waals surface area contributed by atoms with Crippen LogP contribution in [0.2, 0.25) is 5.02 Å². The molecule has 1 fully saturated rings. The van der Waals surface area contributed by atoms with Crippen LogP contribution < -0.4 is 10.6 Å². The molecule has 1 aliphatic rings. The first-order valence-corrected chi connectivity index (χ1v) is 11.1. The normalized spacial score (nSPS) is 14.4. The first-order valence-electron chi connectivity index (χ1n) is 10.7. The number of halogens is 1. The van der Waals surface area contributed by atoms with Crippen LogP contribution in [0.15, 0.2) is 48.5 Å². The maximum absolute atomic E-state index is 12.7. The van der Waals surface area contributed by atoms with Crippen molar-refractivity contribution >= 4 is 35.0 Å². The van der Waals surface area contributed by atoms with Crippen molar-refractivity contribution in [3.63, 3.8) is 0 Å². The molecular formula is C24H30ClN3O3. The molecule has 1 heterocycles. The number of carbonyl (C=O) groups excluding carboxylic acids is 2. The van der Waals surface area contributed by atoms with Gasteiger partial charge in [-0.3, -0.25) is 4.79 Å². The van der Waals surface area contributed by atoms with Gasteiger partial charge in [-0.05, 0) is 42.5 Å². The van der Waals surface area contributed by atoms with Crippen LogP contribution in [0.5, 0.6) is 0 Å². The van der Waals surface area contributed by atoms with Crippen molar-refractivity contribution < 1.29 is 14.3 Å². The molecule has 0 bridgehead atoms. The second kappa shape index (κ2) is 11.0. The predicted octanol–water partition coefficient (Wildman–Crippen LogP) is 5.40. The van der Waals surface area contributed by atoms with E-state index in [-0.39, 0.29) is 17.9 Å². The van der Waals surface area contributed by atoms with E-state index < -0.39 is 0 Å². The second-order valence-electron chi connectivity index (χ2n) is 8.26. The van der Waals surface area contributed by atoms with E-state index >= 15 is 0 Å². The fraction of sp³-hybridized carbons (Fsp3) is 0.417. The highest BCUT2D eigenvalue weighted by Crippen LogP contribution is 2.27. The second-order valence-corrected chi connectivity index (χ2v) is 8.66. The van der Waals surface area contributed by atoms with E-state index in [0.29, 0.717) is 55.7 Å². The molecule has 166 valence electrons. The Bertz CT molecular complexity index is 881. The molecule has 0 aromatic heterocycles. The number of benzene rings is 2. The maximum atomic E-state index is 12.7. The molecule has 2 aromatic rings. The van der Waals surface area contributed by atoms with Gasteiger partial charge in [0.15, 0.2) is 0 Å². The summed E-state index contributed by atoms with van der Waals surface area (Å²) in [4.78, 5) is 26.4. The molecule has 2 amide bonds. The molecule has 2 N–H and O–H groups in total. The van der Waals surface area contributed by atoms with E-state index in [2.05, 4.69) is 10.6 Å². The fourth-order valence-corrected chi connectivity index (χ4v) is 3.67. The van der Waals surface area contributed by atoms with Gasteiger partial charge in [0, 0.05) is 31.2 Å². The molecule has 3 rings (SSSR count). The third kappa shape index (κ3) is 6.89. The van der Waals surface area contributed by atoms with Gasteiger partial charge in [0.2, 0.25) is 5.91 Å². The highest BCUT2D eigenvalue weighted by atomic mass is 35.5. The molecule has 0 atom stereocenters. The van der Waals surface area contributed by atoms with Gasteiger partial charge in [-0.1, -0.05) is 55.8 Å². The summed E-state index contributed by atoms with van der Waals surface area (Å²) in [5.41, 5.74) is 2.64. The van der Waals surface area contributed by atoms with Crippen LogP contribution in [-0.4, -0.2) is 36.6 Å². The predicted molar refractivity (Wildman–Crippen MR) is 124 cm³/mol. The Labute approximate surface area is 188 Å². The van der Waals surface area contributed by atoms with Crippen LogP contribution in [0.4, 0.5) is 16.2 Å². The van der Waals surface area contributed by atoms with E-state index in [4.69, 9.17) is 16.3 Å². The monoisotopic (exact) mass is 443 g/mol. The molecule has 2 aromatic carbocycles. The van der Waals surface area contributed by atoms with Crippen LogP contribution in [0.1, 0.15) is 32.3 Å². The number of likely N-dealkylation sites (tertiary alicyclic amines) is 1. The lowest BCUT2D eigenvalue weighted by molar-refractivity contribution is -0.121. The number of rotatable bonds is 7. The number of hydrogen-bond donors (Lipinski definition) is 2. The number of carbonyl (C=O) groups is 2. The Hall–Kier alpha value is -2.73. The van der Waals surface area contributed by atoms with Crippen LogP contribution >= 0.6 is 11.6 Å². The van der Waals surface area contributed by atoms with Gasteiger partial charge >= 0.3 is 6.09 Å². The number of piperidine rings is 1. The zero-order valence-corrected chi connectivity index (χ0v) is 18.8. The Kier molecular flexibility index (Phi) is 8.18. The largest absolute Gasteiger partial charge is 0.449 e. The molecule has 31 heavy (non-hydrogen) atoms. The molecule has 0 unspecified atom stereocenters. The Morgan fingerprint density at radius 3 is 2.48 bits per heavy atom. The van der Waals surface area contributed by atoms with Gasteiger partial charge < -0.3 is 20.3 Å². The summed E-state index contributed by atoms with van der Waals surface area (Å²) in [5, 5.41) is 6.82. The first-order chi connectivity index (χ1) is 14.9. The number of nitrogens with zero attached hydrogens (tertiary/aromatic N) is 1. The Balaban J connectivity index is 1.47. The summed E-state index contributed by atoms with van der Waals surface area (Å²) in [7, 11) is 0. The third-order valence-electron chi connectivity index (χ3n) is 5.23. The van der Waals surface area contributed by atoms with Crippen molar-refractivity contribution in [2.24, 2.45) is 11.8 Å². The van der Waals surface area contributed by atoms with E-state index in [9.17, 15) is 9.59 Å². The van der Waals surface area contributed by atoms with E-state index in [0.717, 1.165) is 11.3 Å². The molecule has 1 saturated heterocycles. The topological polar surface area (TPSA) is 70.7 Å². The average molecular weight is 444 g/mol. The summed E-state index contributed by atoms with van der Waals surface area (Å²) in [6.45, 7) is 6.14. The summed E-state index contributed by atoms with van der Waals surface area (Å²) in [5.74, 6) is 0.124. The minimum atomic E-state index is -0.294. The lowest BCUT2D eigenvalue weighted by atomic mass is 9.96. The third-order valence-corrected chi connectivity index (χ3v) is 5.54. The van der Waals surface area contributed by atoms with Gasteiger partial charge in [-0.25, -0.2) is 4.79 Å². The van der Waals surface area contributed by atoms with Crippen LogP contribution in [0, 0.1) is 11.8 Å². The molecule has 1 aliphatic heterocycles. The van der Waals surface area contributed by atoms with Crippen molar-refractivity contribution in [3.8, 4) is 0 Å². The van der Waals surface area contributed by atoms with Crippen LogP contribution in [-0.2, 0) is 16.1 Å². The minimum absolute atomic E-state index is 0.0451. The lowest BCUT2D eigenvalue weighted by Crippen LogP contribution is -2.42. The number of nitrogens with one attached hydrogen (secondary N) is 2. The average Bonchev–Trinajstić information content (AvgIpc) is 2.77. The van der Waals surface area contributed by atoms with Crippen LogP contribution in [0.3, 0.4) is 0 Å². The van der Waals surface area contributed by atoms with Gasteiger partial charge in [0.1, 0.15) is 0 Å². The van der Waals surface area contributed by atoms with Crippen LogP contribution in [0.25, 0.3) is 0 Å². The lowest BCUT2D eigenvalue weighted by Gasteiger charge is -2.30. The summed E-state index contributed by atoms with van der Waals surface area (Å²) >= 11 is 6.40. The number of ether oxygens (including phenoxy) is 1. The van der Waals surface area contributed by atoms with Gasteiger partial charge in [0.05, 0.1) is 17.3 Å². The molecule has 0 radical (unpaired) electrons.